The van der Waals surface area contributed by atoms with Crippen molar-refractivity contribution >= 4 is 21.4 Å². The van der Waals surface area contributed by atoms with Gasteiger partial charge in [-0.15, -0.1) is 0 Å². The van der Waals surface area contributed by atoms with Gasteiger partial charge in [0.25, 0.3) is 5.69 Å². The van der Waals surface area contributed by atoms with E-state index in [9.17, 15) is 18.5 Å². The van der Waals surface area contributed by atoms with Crippen LogP contribution < -0.4 is 4.90 Å². The van der Waals surface area contributed by atoms with Crippen LogP contribution in [0.5, 0.6) is 0 Å². The summed E-state index contributed by atoms with van der Waals surface area (Å²) >= 11 is 0. The van der Waals surface area contributed by atoms with Crippen LogP contribution in [-0.2, 0) is 14.8 Å². The summed E-state index contributed by atoms with van der Waals surface area (Å²) < 4.78 is 31.9. The number of nitro benzene ring substituents is 1. The van der Waals surface area contributed by atoms with Crippen molar-refractivity contribution in [2.24, 2.45) is 0 Å². The molecule has 1 aromatic rings. The Hall–Kier alpha value is -1.71. The van der Waals surface area contributed by atoms with E-state index >= 15 is 0 Å². The van der Waals surface area contributed by atoms with Crippen LogP contribution in [0.15, 0.2) is 23.1 Å². The Labute approximate surface area is 148 Å². The highest BCUT2D eigenvalue weighted by Crippen LogP contribution is 2.32. The molecule has 0 saturated carbocycles. The molecule has 140 valence electrons. The minimum atomic E-state index is -3.75. The number of nitrogens with zero attached hydrogens (tertiary/aromatic N) is 3. The summed E-state index contributed by atoms with van der Waals surface area (Å²) in [6.45, 7) is 6.49. The number of unbranched alkanes of at least 4 members (excludes halogenated alkanes) is 1. The average Bonchev–Trinajstić information content (AvgIpc) is 2.63. The first-order valence-corrected chi connectivity index (χ1v) is 9.97. The third-order valence-corrected chi connectivity index (χ3v) is 6.15. The van der Waals surface area contributed by atoms with Gasteiger partial charge in [-0.05, 0) is 25.5 Å². The zero-order chi connectivity index (χ0) is 18.4. The molecule has 0 radical (unpaired) electrons. The summed E-state index contributed by atoms with van der Waals surface area (Å²) in [6, 6.07) is 4.18. The molecule has 0 bridgehead atoms. The van der Waals surface area contributed by atoms with Gasteiger partial charge >= 0.3 is 0 Å². The molecule has 25 heavy (non-hydrogen) atoms. The van der Waals surface area contributed by atoms with Crippen LogP contribution in [0.1, 0.15) is 26.7 Å². The van der Waals surface area contributed by atoms with Gasteiger partial charge in [0.15, 0.2) is 0 Å². The highest BCUT2D eigenvalue weighted by atomic mass is 32.2. The Kier molecular flexibility index (Phi) is 6.74. The fourth-order valence-electron chi connectivity index (χ4n) is 2.81. The topological polar surface area (TPSA) is 93.0 Å². The Bertz CT molecular complexity index is 702. The van der Waals surface area contributed by atoms with Gasteiger partial charge < -0.3 is 9.64 Å². The number of rotatable bonds is 8. The first-order chi connectivity index (χ1) is 11.9. The molecule has 0 aromatic heterocycles. The molecular formula is C16H25N3O5S. The fourth-order valence-corrected chi connectivity index (χ4v) is 4.24. The molecule has 1 aromatic carbocycles. The SMILES string of the molecule is CCCCN(CC)c1ccc(S(=O)(=O)N2CCOCC2)cc1[N+](=O)[O-]. The fraction of sp³-hybridized carbons (Fsp3) is 0.625. The van der Waals surface area contributed by atoms with Gasteiger partial charge in [-0.25, -0.2) is 8.42 Å². The zero-order valence-electron chi connectivity index (χ0n) is 14.7. The van der Waals surface area contributed by atoms with Gasteiger partial charge in [0.1, 0.15) is 5.69 Å². The van der Waals surface area contributed by atoms with Gasteiger partial charge in [0, 0.05) is 32.2 Å². The maximum atomic E-state index is 12.7. The highest BCUT2D eigenvalue weighted by Gasteiger charge is 2.29. The molecular weight excluding hydrogens is 346 g/mol. The molecule has 1 aliphatic rings. The van der Waals surface area contributed by atoms with Crippen LogP contribution >= 0.6 is 0 Å². The smallest absolute Gasteiger partial charge is 0.293 e. The number of anilines is 1. The monoisotopic (exact) mass is 371 g/mol. The Morgan fingerprint density at radius 1 is 1.28 bits per heavy atom. The van der Waals surface area contributed by atoms with E-state index in [-0.39, 0.29) is 23.7 Å². The number of ether oxygens (including phenoxy) is 1. The zero-order valence-corrected chi connectivity index (χ0v) is 15.5. The van der Waals surface area contributed by atoms with Crippen molar-refractivity contribution in [2.75, 3.05) is 44.3 Å². The quantitative estimate of drug-likeness (QED) is 0.514. The molecule has 0 amide bonds. The summed E-state index contributed by atoms with van der Waals surface area (Å²) in [7, 11) is -3.75. The van der Waals surface area contributed by atoms with E-state index in [1.54, 1.807) is 6.07 Å². The van der Waals surface area contributed by atoms with Crippen molar-refractivity contribution in [2.45, 2.75) is 31.6 Å². The first-order valence-electron chi connectivity index (χ1n) is 8.53. The van der Waals surface area contributed by atoms with Crippen molar-refractivity contribution in [1.29, 1.82) is 0 Å². The van der Waals surface area contributed by atoms with Crippen LogP contribution in [0.3, 0.4) is 0 Å². The van der Waals surface area contributed by atoms with Crippen molar-refractivity contribution in [3.63, 3.8) is 0 Å². The number of sulfonamides is 1. The molecule has 1 saturated heterocycles. The molecule has 0 unspecified atom stereocenters. The van der Waals surface area contributed by atoms with E-state index in [1.165, 1.54) is 16.4 Å². The summed E-state index contributed by atoms with van der Waals surface area (Å²) in [6.07, 6.45) is 1.90. The molecule has 1 fully saturated rings. The van der Waals surface area contributed by atoms with E-state index in [2.05, 4.69) is 6.92 Å². The third kappa shape index (κ3) is 4.47. The number of nitro groups is 1. The second-order valence-corrected chi connectivity index (χ2v) is 7.80. The van der Waals surface area contributed by atoms with Gasteiger partial charge in [-0.1, -0.05) is 13.3 Å². The summed E-state index contributed by atoms with van der Waals surface area (Å²) in [5.41, 5.74) is 0.286. The Morgan fingerprint density at radius 3 is 2.52 bits per heavy atom. The highest BCUT2D eigenvalue weighted by molar-refractivity contribution is 7.89. The van der Waals surface area contributed by atoms with E-state index in [0.29, 0.717) is 32.0 Å². The van der Waals surface area contributed by atoms with Crippen LogP contribution in [-0.4, -0.2) is 57.0 Å². The maximum Gasteiger partial charge on any atom is 0.293 e. The molecule has 9 heteroatoms. The third-order valence-electron chi connectivity index (χ3n) is 4.26. The first kappa shape index (κ1) is 19.6. The molecule has 0 aliphatic carbocycles. The number of hydrogen-bond acceptors (Lipinski definition) is 6. The predicted octanol–water partition coefficient (Wildman–Crippen LogP) is 2.24. The standard InChI is InChI=1S/C16H25N3O5S/c1-3-5-8-17(4-2)15-7-6-14(13-16(15)19(20)21)25(22,23)18-9-11-24-12-10-18/h6-7,13H,3-5,8-12H2,1-2H3. The maximum absolute atomic E-state index is 12.7. The van der Waals surface area contributed by atoms with Crippen LogP contribution in [0.2, 0.25) is 0 Å². The molecule has 2 rings (SSSR count). The number of hydrogen-bond donors (Lipinski definition) is 0. The van der Waals surface area contributed by atoms with Crippen molar-refractivity contribution in [3.8, 4) is 0 Å². The molecule has 0 N–H and O–H groups in total. The average molecular weight is 371 g/mol. The minimum Gasteiger partial charge on any atom is -0.379 e. The van der Waals surface area contributed by atoms with Crippen molar-refractivity contribution in [3.05, 3.63) is 28.3 Å². The summed E-state index contributed by atoms with van der Waals surface area (Å²) in [5.74, 6) is 0. The van der Waals surface area contributed by atoms with Crippen LogP contribution in [0, 0.1) is 10.1 Å². The summed E-state index contributed by atoms with van der Waals surface area (Å²) in [5, 5.41) is 11.5. The van der Waals surface area contributed by atoms with E-state index in [4.69, 9.17) is 4.74 Å². The molecule has 8 nitrogen and oxygen atoms in total. The summed E-state index contributed by atoms with van der Waals surface area (Å²) in [4.78, 5) is 12.9. The number of benzene rings is 1. The van der Waals surface area contributed by atoms with Crippen molar-refractivity contribution < 1.29 is 18.1 Å². The van der Waals surface area contributed by atoms with Gasteiger partial charge in [0.05, 0.1) is 23.0 Å². The Morgan fingerprint density at radius 2 is 1.96 bits per heavy atom. The second kappa shape index (κ2) is 8.59. The van der Waals surface area contributed by atoms with Crippen LogP contribution in [0.25, 0.3) is 0 Å². The number of morpholine rings is 1. The van der Waals surface area contributed by atoms with Gasteiger partial charge in [-0.3, -0.25) is 10.1 Å². The van der Waals surface area contributed by atoms with E-state index in [0.717, 1.165) is 12.8 Å². The van der Waals surface area contributed by atoms with E-state index < -0.39 is 14.9 Å². The van der Waals surface area contributed by atoms with Crippen LogP contribution in [0.4, 0.5) is 11.4 Å². The Balaban J connectivity index is 2.39. The lowest BCUT2D eigenvalue weighted by atomic mass is 10.2. The van der Waals surface area contributed by atoms with Gasteiger partial charge in [-0.2, -0.15) is 4.31 Å². The largest absolute Gasteiger partial charge is 0.379 e. The minimum absolute atomic E-state index is 0.0450. The predicted molar refractivity (Wildman–Crippen MR) is 95.5 cm³/mol. The molecule has 1 aliphatic heterocycles. The lowest BCUT2D eigenvalue weighted by Crippen LogP contribution is -2.40. The molecule has 0 spiro atoms. The normalized spacial score (nSPS) is 15.9. The molecule has 0 atom stereocenters. The lowest BCUT2D eigenvalue weighted by molar-refractivity contribution is -0.384. The van der Waals surface area contributed by atoms with Gasteiger partial charge in [0.2, 0.25) is 10.0 Å². The van der Waals surface area contributed by atoms with Crippen molar-refractivity contribution in [1.82, 2.24) is 4.31 Å². The second-order valence-electron chi connectivity index (χ2n) is 5.86. The molecule has 1 heterocycles. The lowest BCUT2D eigenvalue weighted by Gasteiger charge is -2.27. The van der Waals surface area contributed by atoms with E-state index in [1.807, 2.05) is 11.8 Å².